The van der Waals surface area contributed by atoms with Crippen molar-refractivity contribution < 1.29 is 0 Å². The number of nitrogens with one attached hydrogen (secondary N) is 1. The molecule has 0 saturated carbocycles. The van der Waals surface area contributed by atoms with Crippen molar-refractivity contribution in [3.63, 3.8) is 0 Å². The Kier molecular flexibility index (Phi) is 5.05. The maximum absolute atomic E-state index is 4.30. The van der Waals surface area contributed by atoms with Gasteiger partial charge in [0.1, 0.15) is 0 Å². The van der Waals surface area contributed by atoms with E-state index in [0.717, 1.165) is 13.1 Å². The maximum atomic E-state index is 4.30. The third-order valence-corrected chi connectivity index (χ3v) is 4.87. The number of rotatable bonds is 3. The van der Waals surface area contributed by atoms with Gasteiger partial charge in [0.05, 0.1) is 0 Å². The summed E-state index contributed by atoms with van der Waals surface area (Å²) in [6.45, 7) is 16.1. The third kappa shape index (κ3) is 3.83. The second-order valence-corrected chi connectivity index (χ2v) is 7.80. The highest BCUT2D eigenvalue weighted by molar-refractivity contribution is 5.14. The number of aromatic nitrogens is 1. The average molecular weight is 289 g/mol. The van der Waals surface area contributed by atoms with Crippen LogP contribution in [0.25, 0.3) is 0 Å². The molecular weight excluding hydrogens is 258 g/mol. The Balaban J connectivity index is 2.22. The molecule has 3 unspecified atom stereocenters. The summed E-state index contributed by atoms with van der Waals surface area (Å²) in [4.78, 5) is 6.97. The SMILES string of the molecule is CC(C)C1CNC(C(C)(C)C)CN1C(C)c1cccnc1. The lowest BCUT2D eigenvalue weighted by Gasteiger charge is -2.49. The highest BCUT2D eigenvalue weighted by Crippen LogP contribution is 2.31. The molecule has 0 spiro atoms. The van der Waals surface area contributed by atoms with E-state index in [9.17, 15) is 0 Å². The molecule has 0 bridgehead atoms. The van der Waals surface area contributed by atoms with Gasteiger partial charge in [0.15, 0.2) is 0 Å². The first kappa shape index (κ1) is 16.4. The van der Waals surface area contributed by atoms with E-state index in [1.807, 2.05) is 18.5 Å². The molecule has 118 valence electrons. The molecule has 1 fully saturated rings. The van der Waals surface area contributed by atoms with Gasteiger partial charge in [-0.15, -0.1) is 0 Å². The lowest BCUT2D eigenvalue weighted by atomic mass is 9.83. The summed E-state index contributed by atoms with van der Waals surface area (Å²) >= 11 is 0. The molecule has 1 aromatic heterocycles. The summed E-state index contributed by atoms with van der Waals surface area (Å²) in [6.07, 6.45) is 3.86. The van der Waals surface area contributed by atoms with Crippen LogP contribution in [0.5, 0.6) is 0 Å². The number of hydrogen-bond donors (Lipinski definition) is 1. The Morgan fingerprint density at radius 2 is 2.00 bits per heavy atom. The van der Waals surface area contributed by atoms with Gasteiger partial charge in [0, 0.05) is 43.6 Å². The monoisotopic (exact) mass is 289 g/mol. The smallest absolute Gasteiger partial charge is 0.0339 e. The first-order valence-electron chi connectivity index (χ1n) is 8.19. The van der Waals surface area contributed by atoms with E-state index < -0.39 is 0 Å². The lowest BCUT2D eigenvalue weighted by Crippen LogP contribution is -2.61. The van der Waals surface area contributed by atoms with Crippen molar-refractivity contribution in [1.82, 2.24) is 15.2 Å². The van der Waals surface area contributed by atoms with Crippen LogP contribution in [0.2, 0.25) is 0 Å². The molecule has 2 rings (SSSR count). The number of hydrogen-bond acceptors (Lipinski definition) is 3. The van der Waals surface area contributed by atoms with Crippen LogP contribution in [-0.2, 0) is 0 Å². The Bertz CT molecular complexity index is 436. The number of nitrogens with zero attached hydrogens (tertiary/aromatic N) is 2. The first-order valence-corrected chi connectivity index (χ1v) is 8.19. The molecule has 1 aromatic rings. The molecule has 21 heavy (non-hydrogen) atoms. The Hall–Kier alpha value is -0.930. The van der Waals surface area contributed by atoms with Gasteiger partial charge in [-0.3, -0.25) is 9.88 Å². The van der Waals surface area contributed by atoms with Gasteiger partial charge in [-0.2, -0.15) is 0 Å². The van der Waals surface area contributed by atoms with Crippen molar-refractivity contribution in [3.8, 4) is 0 Å². The highest BCUT2D eigenvalue weighted by atomic mass is 15.3. The zero-order valence-corrected chi connectivity index (χ0v) is 14.4. The van der Waals surface area contributed by atoms with Crippen molar-refractivity contribution in [2.24, 2.45) is 11.3 Å². The molecule has 1 aliphatic rings. The molecule has 2 heterocycles. The lowest BCUT2D eigenvalue weighted by molar-refractivity contribution is 0.0339. The summed E-state index contributed by atoms with van der Waals surface area (Å²) in [5.41, 5.74) is 1.60. The van der Waals surface area contributed by atoms with Crippen molar-refractivity contribution in [2.75, 3.05) is 13.1 Å². The third-order valence-electron chi connectivity index (χ3n) is 4.87. The van der Waals surface area contributed by atoms with Gasteiger partial charge in [0.2, 0.25) is 0 Å². The van der Waals surface area contributed by atoms with E-state index >= 15 is 0 Å². The molecular formula is C18H31N3. The predicted molar refractivity (Wildman–Crippen MR) is 89.2 cm³/mol. The van der Waals surface area contributed by atoms with Crippen LogP contribution >= 0.6 is 0 Å². The molecule has 1 saturated heterocycles. The average Bonchev–Trinajstić information content (AvgIpc) is 2.45. The van der Waals surface area contributed by atoms with Crippen molar-refractivity contribution in [1.29, 1.82) is 0 Å². The number of pyridine rings is 1. The second kappa shape index (κ2) is 6.45. The van der Waals surface area contributed by atoms with Crippen LogP contribution in [0, 0.1) is 11.3 Å². The van der Waals surface area contributed by atoms with Crippen molar-refractivity contribution in [3.05, 3.63) is 30.1 Å². The van der Waals surface area contributed by atoms with Crippen molar-refractivity contribution in [2.45, 2.75) is 59.7 Å². The van der Waals surface area contributed by atoms with Crippen molar-refractivity contribution >= 4 is 0 Å². The van der Waals surface area contributed by atoms with Crippen LogP contribution < -0.4 is 5.32 Å². The molecule has 0 aromatic carbocycles. The highest BCUT2D eigenvalue weighted by Gasteiger charge is 2.37. The first-order chi connectivity index (χ1) is 9.80. The standard InChI is InChI=1S/C18H31N3/c1-13(2)16-11-20-17(18(4,5)6)12-21(16)14(3)15-8-7-9-19-10-15/h7-10,13-14,16-17,20H,11-12H2,1-6H3. The zero-order chi connectivity index (χ0) is 15.6. The summed E-state index contributed by atoms with van der Waals surface area (Å²) in [5, 5.41) is 3.77. The minimum absolute atomic E-state index is 0.287. The summed E-state index contributed by atoms with van der Waals surface area (Å²) in [5.74, 6) is 0.650. The maximum Gasteiger partial charge on any atom is 0.0339 e. The van der Waals surface area contributed by atoms with Gasteiger partial charge in [0.25, 0.3) is 0 Å². The summed E-state index contributed by atoms with van der Waals surface area (Å²) in [7, 11) is 0. The predicted octanol–water partition coefficient (Wildman–Crippen LogP) is 3.49. The van der Waals surface area contributed by atoms with E-state index in [4.69, 9.17) is 0 Å². The molecule has 0 radical (unpaired) electrons. The molecule has 3 heteroatoms. The van der Waals surface area contributed by atoms with Crippen LogP contribution in [0.1, 0.15) is 53.1 Å². The molecule has 1 N–H and O–H groups in total. The quantitative estimate of drug-likeness (QED) is 0.923. The molecule has 3 atom stereocenters. The van der Waals surface area contributed by atoms with Gasteiger partial charge in [-0.25, -0.2) is 0 Å². The van der Waals surface area contributed by atoms with Gasteiger partial charge < -0.3 is 5.32 Å². The largest absolute Gasteiger partial charge is 0.311 e. The van der Waals surface area contributed by atoms with E-state index in [1.54, 1.807) is 0 Å². The van der Waals surface area contributed by atoms with Crippen LogP contribution in [-0.4, -0.2) is 35.1 Å². The Labute approximate surface area is 130 Å². The molecule has 1 aliphatic heterocycles. The van der Waals surface area contributed by atoms with Gasteiger partial charge in [-0.1, -0.05) is 40.7 Å². The minimum Gasteiger partial charge on any atom is -0.311 e. The van der Waals surface area contributed by atoms with Crippen LogP contribution in [0.4, 0.5) is 0 Å². The summed E-state index contributed by atoms with van der Waals surface area (Å²) < 4.78 is 0. The van der Waals surface area contributed by atoms with Crippen LogP contribution in [0.15, 0.2) is 24.5 Å². The topological polar surface area (TPSA) is 28.2 Å². The fourth-order valence-electron chi connectivity index (χ4n) is 3.25. The number of piperazine rings is 1. The van der Waals surface area contributed by atoms with Crippen LogP contribution in [0.3, 0.4) is 0 Å². The van der Waals surface area contributed by atoms with E-state index in [-0.39, 0.29) is 5.41 Å². The molecule has 3 nitrogen and oxygen atoms in total. The van der Waals surface area contributed by atoms with Gasteiger partial charge >= 0.3 is 0 Å². The van der Waals surface area contributed by atoms with E-state index in [2.05, 4.69) is 62.8 Å². The Morgan fingerprint density at radius 3 is 2.52 bits per heavy atom. The minimum atomic E-state index is 0.287. The fraction of sp³-hybridized carbons (Fsp3) is 0.722. The normalized spacial score (nSPS) is 26.0. The Morgan fingerprint density at radius 1 is 1.29 bits per heavy atom. The molecule has 0 aliphatic carbocycles. The fourth-order valence-corrected chi connectivity index (χ4v) is 3.25. The van der Waals surface area contributed by atoms with E-state index in [1.165, 1.54) is 5.56 Å². The molecule has 0 amide bonds. The zero-order valence-electron chi connectivity index (χ0n) is 14.4. The van der Waals surface area contributed by atoms with E-state index in [0.29, 0.717) is 24.0 Å². The van der Waals surface area contributed by atoms with Gasteiger partial charge in [-0.05, 0) is 29.9 Å². The second-order valence-electron chi connectivity index (χ2n) is 7.80. The summed E-state index contributed by atoms with van der Waals surface area (Å²) in [6, 6.07) is 5.77.